The summed E-state index contributed by atoms with van der Waals surface area (Å²) < 4.78 is 0. The summed E-state index contributed by atoms with van der Waals surface area (Å²) in [6, 6.07) is 1.61. The zero-order chi connectivity index (χ0) is 9.80. The van der Waals surface area contributed by atoms with E-state index in [1.54, 1.807) is 0 Å². The molecule has 2 saturated heterocycles. The van der Waals surface area contributed by atoms with Crippen LogP contribution in [0.25, 0.3) is 0 Å². The second kappa shape index (κ2) is 5.13. The normalized spacial score (nSPS) is 36.6. The molecule has 0 aliphatic carbocycles. The first-order valence-electron chi connectivity index (χ1n) is 6.33. The van der Waals surface area contributed by atoms with E-state index >= 15 is 0 Å². The monoisotopic (exact) mass is 196 g/mol. The number of rotatable bonds is 1. The first-order valence-corrected chi connectivity index (χ1v) is 6.33. The highest BCUT2D eigenvalue weighted by Gasteiger charge is 2.24. The zero-order valence-corrected chi connectivity index (χ0v) is 9.47. The van der Waals surface area contributed by atoms with Crippen LogP contribution in [0, 0.1) is 0 Å². The average Bonchev–Trinajstić information content (AvgIpc) is 2.45. The van der Waals surface area contributed by atoms with E-state index < -0.39 is 0 Å². The predicted octanol–water partition coefficient (Wildman–Crippen LogP) is 2.00. The Morgan fingerprint density at radius 2 is 1.79 bits per heavy atom. The molecule has 2 heterocycles. The second-order valence-electron chi connectivity index (χ2n) is 4.98. The van der Waals surface area contributed by atoms with Gasteiger partial charge in [0.2, 0.25) is 0 Å². The van der Waals surface area contributed by atoms with Gasteiger partial charge in [-0.15, -0.1) is 0 Å². The summed E-state index contributed by atoms with van der Waals surface area (Å²) in [5, 5.41) is 3.54. The lowest BCUT2D eigenvalue weighted by Gasteiger charge is -2.36. The van der Waals surface area contributed by atoms with Crippen molar-refractivity contribution in [2.75, 3.05) is 19.6 Å². The van der Waals surface area contributed by atoms with Crippen molar-refractivity contribution in [1.29, 1.82) is 0 Å². The van der Waals surface area contributed by atoms with Crippen molar-refractivity contribution in [2.45, 2.75) is 57.5 Å². The summed E-state index contributed by atoms with van der Waals surface area (Å²) >= 11 is 0. The fraction of sp³-hybridized carbons (Fsp3) is 1.00. The van der Waals surface area contributed by atoms with E-state index in [0.29, 0.717) is 0 Å². The maximum atomic E-state index is 3.54. The van der Waals surface area contributed by atoms with Gasteiger partial charge in [0, 0.05) is 12.1 Å². The van der Waals surface area contributed by atoms with Crippen LogP contribution in [0.3, 0.4) is 0 Å². The molecule has 14 heavy (non-hydrogen) atoms. The van der Waals surface area contributed by atoms with Gasteiger partial charge in [-0.05, 0) is 52.2 Å². The summed E-state index contributed by atoms with van der Waals surface area (Å²) in [6.45, 7) is 6.26. The maximum Gasteiger partial charge on any atom is 0.0122 e. The Kier molecular flexibility index (Phi) is 3.82. The van der Waals surface area contributed by atoms with Crippen molar-refractivity contribution >= 4 is 0 Å². The largest absolute Gasteiger partial charge is 0.314 e. The summed E-state index contributed by atoms with van der Waals surface area (Å²) in [5.74, 6) is 0. The van der Waals surface area contributed by atoms with Gasteiger partial charge >= 0.3 is 0 Å². The van der Waals surface area contributed by atoms with Crippen LogP contribution in [-0.4, -0.2) is 36.6 Å². The van der Waals surface area contributed by atoms with Gasteiger partial charge in [0.05, 0.1) is 0 Å². The Morgan fingerprint density at radius 1 is 1.07 bits per heavy atom. The van der Waals surface area contributed by atoms with E-state index in [-0.39, 0.29) is 0 Å². The van der Waals surface area contributed by atoms with Crippen molar-refractivity contribution in [3.63, 3.8) is 0 Å². The third-order valence-electron chi connectivity index (χ3n) is 3.75. The van der Waals surface area contributed by atoms with Gasteiger partial charge in [-0.25, -0.2) is 0 Å². The van der Waals surface area contributed by atoms with Crippen molar-refractivity contribution < 1.29 is 0 Å². The van der Waals surface area contributed by atoms with Gasteiger partial charge in [-0.1, -0.05) is 12.8 Å². The van der Waals surface area contributed by atoms with Gasteiger partial charge in [0.15, 0.2) is 0 Å². The molecule has 2 aliphatic heterocycles. The lowest BCUT2D eigenvalue weighted by Crippen LogP contribution is -2.47. The molecule has 0 spiro atoms. The van der Waals surface area contributed by atoms with Crippen LogP contribution in [0.2, 0.25) is 0 Å². The molecule has 82 valence electrons. The number of nitrogens with one attached hydrogen (secondary N) is 1. The molecule has 2 heteroatoms. The van der Waals surface area contributed by atoms with Crippen molar-refractivity contribution in [3.8, 4) is 0 Å². The molecule has 1 N–H and O–H groups in total. The Bertz CT molecular complexity index is 162. The topological polar surface area (TPSA) is 15.3 Å². The van der Waals surface area contributed by atoms with Crippen LogP contribution in [0.1, 0.15) is 45.4 Å². The van der Waals surface area contributed by atoms with Gasteiger partial charge < -0.3 is 10.2 Å². The smallest absolute Gasteiger partial charge is 0.0122 e. The molecule has 2 aliphatic rings. The molecule has 2 nitrogen and oxygen atoms in total. The quantitative estimate of drug-likeness (QED) is 0.690. The minimum atomic E-state index is 0.733. The van der Waals surface area contributed by atoms with Crippen molar-refractivity contribution in [3.05, 3.63) is 0 Å². The Hall–Kier alpha value is -0.0800. The van der Waals surface area contributed by atoms with Gasteiger partial charge in [-0.3, -0.25) is 0 Å². The number of piperidine rings is 1. The molecule has 2 rings (SSSR count). The molecule has 0 aromatic rings. The van der Waals surface area contributed by atoms with Gasteiger partial charge in [0.1, 0.15) is 0 Å². The summed E-state index contributed by atoms with van der Waals surface area (Å²) in [5.41, 5.74) is 0. The number of hydrogen-bond acceptors (Lipinski definition) is 2. The van der Waals surface area contributed by atoms with Gasteiger partial charge in [0.25, 0.3) is 0 Å². The van der Waals surface area contributed by atoms with E-state index in [4.69, 9.17) is 0 Å². The molecule has 0 aromatic heterocycles. The first-order chi connectivity index (χ1) is 6.86. The second-order valence-corrected chi connectivity index (χ2v) is 4.98. The minimum absolute atomic E-state index is 0.733. The molecule has 2 atom stereocenters. The summed E-state index contributed by atoms with van der Waals surface area (Å²) in [4.78, 5) is 2.75. The van der Waals surface area contributed by atoms with E-state index in [2.05, 4.69) is 17.1 Å². The number of nitrogens with zero attached hydrogens (tertiary/aromatic N) is 1. The van der Waals surface area contributed by atoms with E-state index in [1.807, 2.05) is 0 Å². The van der Waals surface area contributed by atoms with E-state index in [9.17, 15) is 0 Å². The summed E-state index contributed by atoms with van der Waals surface area (Å²) in [7, 11) is 0. The van der Waals surface area contributed by atoms with Crippen LogP contribution in [-0.2, 0) is 0 Å². The molecule has 2 unspecified atom stereocenters. The predicted molar refractivity (Wildman–Crippen MR) is 60.5 cm³/mol. The van der Waals surface area contributed by atoms with Crippen LogP contribution < -0.4 is 5.32 Å². The van der Waals surface area contributed by atoms with E-state index in [1.165, 1.54) is 58.2 Å². The van der Waals surface area contributed by atoms with Crippen molar-refractivity contribution in [2.24, 2.45) is 0 Å². The third-order valence-corrected chi connectivity index (χ3v) is 3.75. The highest BCUT2D eigenvalue weighted by molar-refractivity contribution is 4.83. The fourth-order valence-corrected chi connectivity index (χ4v) is 2.90. The maximum absolute atomic E-state index is 3.54. The highest BCUT2D eigenvalue weighted by Crippen LogP contribution is 2.19. The minimum Gasteiger partial charge on any atom is -0.314 e. The van der Waals surface area contributed by atoms with Crippen LogP contribution in [0.5, 0.6) is 0 Å². The SMILES string of the molecule is CC1CC(N2CCCCCC2)CCN1. The van der Waals surface area contributed by atoms with Crippen LogP contribution >= 0.6 is 0 Å². The lowest BCUT2D eigenvalue weighted by molar-refractivity contribution is 0.152. The standard InChI is InChI=1S/C12H24N2/c1-11-10-12(6-7-13-11)14-8-4-2-3-5-9-14/h11-13H,2-10H2,1H3. The molecule has 0 aromatic carbocycles. The Morgan fingerprint density at radius 3 is 2.43 bits per heavy atom. The highest BCUT2D eigenvalue weighted by atomic mass is 15.2. The molecule has 0 amide bonds. The summed E-state index contributed by atoms with van der Waals surface area (Å²) in [6.07, 6.45) is 8.50. The Labute approximate surface area is 88.1 Å². The van der Waals surface area contributed by atoms with Gasteiger partial charge in [-0.2, -0.15) is 0 Å². The fourth-order valence-electron chi connectivity index (χ4n) is 2.90. The number of hydrogen-bond donors (Lipinski definition) is 1. The van der Waals surface area contributed by atoms with Crippen LogP contribution in [0.15, 0.2) is 0 Å². The van der Waals surface area contributed by atoms with Crippen molar-refractivity contribution in [1.82, 2.24) is 10.2 Å². The Balaban J connectivity index is 1.85. The zero-order valence-electron chi connectivity index (χ0n) is 9.47. The van der Waals surface area contributed by atoms with E-state index in [0.717, 1.165) is 12.1 Å². The first kappa shape index (κ1) is 10.4. The molecule has 0 saturated carbocycles. The molecule has 2 fully saturated rings. The average molecular weight is 196 g/mol. The number of likely N-dealkylation sites (tertiary alicyclic amines) is 1. The molecular formula is C12H24N2. The molecule has 0 radical (unpaired) electrons. The van der Waals surface area contributed by atoms with Crippen LogP contribution in [0.4, 0.5) is 0 Å². The molecule has 0 bridgehead atoms. The lowest BCUT2D eigenvalue weighted by atomic mass is 9.99. The molecular weight excluding hydrogens is 172 g/mol. The third kappa shape index (κ3) is 2.71.